The number of aryl methyl sites for hydroxylation is 1. The first-order chi connectivity index (χ1) is 7.87. The Morgan fingerprint density at radius 1 is 1.24 bits per heavy atom. The molecular formula is C12H19O4P. The van der Waals surface area contributed by atoms with Crippen molar-refractivity contribution >= 4 is 7.82 Å². The van der Waals surface area contributed by atoms with Gasteiger partial charge in [0.05, 0.1) is 6.61 Å². The average Bonchev–Trinajstić information content (AvgIpc) is 2.27. The Bertz CT molecular complexity index is 442. The lowest BCUT2D eigenvalue weighted by molar-refractivity contribution is 0.203. The SMILES string of the molecule is CCCOP(=O)(O)Oc1ccc(C)c(C)c1C. The van der Waals surface area contributed by atoms with Crippen LogP contribution < -0.4 is 4.52 Å². The standard InChI is InChI=1S/C12H19O4P/c1-5-8-15-17(13,14)16-12-7-6-9(2)10(3)11(12)4/h6-7H,5,8H2,1-4H3,(H,13,14). The van der Waals surface area contributed by atoms with E-state index >= 15 is 0 Å². The largest absolute Gasteiger partial charge is 0.527 e. The number of rotatable bonds is 5. The maximum absolute atomic E-state index is 11.6. The highest BCUT2D eigenvalue weighted by atomic mass is 31.2. The van der Waals surface area contributed by atoms with Crippen molar-refractivity contribution in [3.8, 4) is 5.75 Å². The maximum Gasteiger partial charge on any atom is 0.527 e. The van der Waals surface area contributed by atoms with E-state index in [2.05, 4.69) is 0 Å². The molecule has 4 nitrogen and oxygen atoms in total. The van der Waals surface area contributed by atoms with E-state index in [0.29, 0.717) is 12.2 Å². The molecule has 0 aliphatic heterocycles. The lowest BCUT2D eigenvalue weighted by Crippen LogP contribution is -2.00. The summed E-state index contributed by atoms with van der Waals surface area (Å²) in [4.78, 5) is 9.49. The number of phosphoric acid groups is 1. The molecule has 0 amide bonds. The van der Waals surface area contributed by atoms with Gasteiger partial charge in [0.15, 0.2) is 0 Å². The third kappa shape index (κ3) is 3.84. The fraction of sp³-hybridized carbons (Fsp3) is 0.500. The van der Waals surface area contributed by atoms with E-state index in [0.717, 1.165) is 16.7 Å². The Kier molecular flexibility index (Phi) is 4.75. The van der Waals surface area contributed by atoms with Crippen molar-refractivity contribution in [2.75, 3.05) is 6.61 Å². The van der Waals surface area contributed by atoms with Crippen LogP contribution in [0.15, 0.2) is 12.1 Å². The van der Waals surface area contributed by atoms with E-state index in [9.17, 15) is 9.46 Å². The van der Waals surface area contributed by atoms with Gasteiger partial charge in [0.1, 0.15) is 5.75 Å². The summed E-state index contributed by atoms with van der Waals surface area (Å²) in [7, 11) is -3.99. The molecule has 1 aromatic carbocycles. The van der Waals surface area contributed by atoms with Gasteiger partial charge in [-0.25, -0.2) is 4.57 Å². The summed E-state index contributed by atoms with van der Waals surface area (Å²) in [6.07, 6.45) is 0.666. The smallest absolute Gasteiger partial charge is 0.404 e. The highest BCUT2D eigenvalue weighted by Crippen LogP contribution is 2.45. The zero-order chi connectivity index (χ0) is 13.1. The molecule has 1 N–H and O–H groups in total. The van der Waals surface area contributed by atoms with Crippen LogP contribution in [0.4, 0.5) is 0 Å². The Labute approximate surface area is 102 Å². The first-order valence-electron chi connectivity index (χ1n) is 5.61. The number of benzene rings is 1. The minimum absolute atomic E-state index is 0.206. The van der Waals surface area contributed by atoms with Crippen LogP contribution in [-0.2, 0) is 9.09 Å². The normalized spacial score (nSPS) is 14.4. The molecule has 17 heavy (non-hydrogen) atoms. The number of phosphoric ester groups is 1. The molecule has 0 saturated carbocycles. The van der Waals surface area contributed by atoms with Crippen LogP contribution in [0.1, 0.15) is 30.0 Å². The summed E-state index contributed by atoms with van der Waals surface area (Å²) in [6.45, 7) is 7.86. The van der Waals surface area contributed by atoms with Gasteiger partial charge in [0.25, 0.3) is 0 Å². The van der Waals surface area contributed by atoms with Crippen LogP contribution in [0.5, 0.6) is 5.75 Å². The van der Waals surface area contributed by atoms with E-state index in [1.165, 1.54) is 0 Å². The number of hydrogen-bond donors (Lipinski definition) is 1. The predicted molar refractivity (Wildman–Crippen MR) is 67.3 cm³/mol. The van der Waals surface area contributed by atoms with Gasteiger partial charge >= 0.3 is 7.82 Å². The quantitative estimate of drug-likeness (QED) is 0.821. The van der Waals surface area contributed by atoms with Crippen molar-refractivity contribution in [1.29, 1.82) is 0 Å². The molecule has 1 atom stereocenters. The topological polar surface area (TPSA) is 55.8 Å². The van der Waals surface area contributed by atoms with Crippen molar-refractivity contribution in [3.63, 3.8) is 0 Å². The lowest BCUT2D eigenvalue weighted by Gasteiger charge is -2.16. The fourth-order valence-corrected chi connectivity index (χ4v) is 2.30. The van der Waals surface area contributed by atoms with Gasteiger partial charge in [-0.1, -0.05) is 13.0 Å². The fourth-order valence-electron chi connectivity index (χ4n) is 1.39. The van der Waals surface area contributed by atoms with Crippen molar-refractivity contribution < 1.29 is 18.5 Å². The second kappa shape index (κ2) is 5.67. The molecule has 5 heteroatoms. The number of hydrogen-bond acceptors (Lipinski definition) is 3. The Morgan fingerprint density at radius 2 is 1.88 bits per heavy atom. The maximum atomic E-state index is 11.6. The summed E-state index contributed by atoms with van der Waals surface area (Å²) in [6, 6.07) is 3.55. The second-order valence-electron chi connectivity index (χ2n) is 4.02. The third-order valence-corrected chi connectivity index (χ3v) is 3.62. The first kappa shape index (κ1) is 14.2. The van der Waals surface area contributed by atoms with Crippen LogP contribution in [-0.4, -0.2) is 11.5 Å². The predicted octanol–water partition coefficient (Wildman–Crippen LogP) is 3.52. The molecular weight excluding hydrogens is 239 g/mol. The molecule has 0 saturated heterocycles. The third-order valence-electron chi connectivity index (χ3n) is 2.68. The van der Waals surface area contributed by atoms with Crippen molar-refractivity contribution in [2.45, 2.75) is 34.1 Å². The minimum Gasteiger partial charge on any atom is -0.404 e. The Hall–Kier alpha value is -0.830. The molecule has 0 aliphatic carbocycles. The molecule has 0 aromatic heterocycles. The van der Waals surface area contributed by atoms with Gasteiger partial charge in [0, 0.05) is 0 Å². The summed E-state index contributed by atoms with van der Waals surface area (Å²) < 4.78 is 21.5. The van der Waals surface area contributed by atoms with Gasteiger partial charge in [0.2, 0.25) is 0 Å². The van der Waals surface area contributed by atoms with Gasteiger partial charge in [-0.05, 0) is 49.9 Å². The van der Waals surface area contributed by atoms with E-state index in [1.807, 2.05) is 33.8 Å². The average molecular weight is 258 g/mol. The van der Waals surface area contributed by atoms with Gasteiger partial charge < -0.3 is 4.52 Å². The van der Waals surface area contributed by atoms with Gasteiger partial charge in [-0.15, -0.1) is 0 Å². The van der Waals surface area contributed by atoms with Crippen molar-refractivity contribution in [1.82, 2.24) is 0 Å². The second-order valence-corrected chi connectivity index (χ2v) is 5.40. The molecule has 0 spiro atoms. The molecule has 96 valence electrons. The molecule has 0 radical (unpaired) electrons. The van der Waals surface area contributed by atoms with E-state index in [-0.39, 0.29) is 6.61 Å². The Balaban J connectivity index is 2.89. The molecule has 0 aliphatic rings. The zero-order valence-corrected chi connectivity index (χ0v) is 11.6. The summed E-state index contributed by atoms with van der Waals surface area (Å²) in [5.41, 5.74) is 3.04. The monoisotopic (exact) mass is 258 g/mol. The van der Waals surface area contributed by atoms with E-state index in [1.54, 1.807) is 6.07 Å². The van der Waals surface area contributed by atoms with Crippen LogP contribution >= 0.6 is 7.82 Å². The Morgan fingerprint density at radius 3 is 2.47 bits per heavy atom. The molecule has 0 fully saturated rings. The van der Waals surface area contributed by atoms with Crippen LogP contribution in [0.3, 0.4) is 0 Å². The van der Waals surface area contributed by atoms with E-state index in [4.69, 9.17) is 9.05 Å². The zero-order valence-electron chi connectivity index (χ0n) is 10.7. The van der Waals surface area contributed by atoms with Crippen LogP contribution in [0, 0.1) is 20.8 Å². The first-order valence-corrected chi connectivity index (χ1v) is 7.10. The minimum atomic E-state index is -3.99. The molecule has 1 rings (SSSR count). The molecule has 0 heterocycles. The molecule has 1 aromatic rings. The summed E-state index contributed by atoms with van der Waals surface area (Å²) in [5.74, 6) is 0.398. The highest BCUT2D eigenvalue weighted by Gasteiger charge is 2.23. The lowest BCUT2D eigenvalue weighted by atomic mass is 10.0. The summed E-state index contributed by atoms with van der Waals surface area (Å²) in [5, 5.41) is 0. The van der Waals surface area contributed by atoms with Crippen molar-refractivity contribution in [2.24, 2.45) is 0 Å². The van der Waals surface area contributed by atoms with Crippen LogP contribution in [0.25, 0.3) is 0 Å². The van der Waals surface area contributed by atoms with E-state index < -0.39 is 7.82 Å². The molecule has 1 unspecified atom stereocenters. The molecule has 0 bridgehead atoms. The van der Waals surface area contributed by atoms with Crippen LogP contribution in [0.2, 0.25) is 0 Å². The summed E-state index contributed by atoms with van der Waals surface area (Å²) >= 11 is 0. The van der Waals surface area contributed by atoms with Gasteiger partial charge in [-0.2, -0.15) is 0 Å². The highest BCUT2D eigenvalue weighted by molar-refractivity contribution is 7.47. The van der Waals surface area contributed by atoms with Crippen molar-refractivity contribution in [3.05, 3.63) is 28.8 Å². The van der Waals surface area contributed by atoms with Gasteiger partial charge in [-0.3, -0.25) is 9.42 Å².